The van der Waals surface area contributed by atoms with Gasteiger partial charge in [-0.25, -0.2) is 9.36 Å². The van der Waals surface area contributed by atoms with Crippen LogP contribution in [-0.2, 0) is 32.7 Å². The number of carboxylic acid groups (broad SMARTS) is 1. The molecule has 0 aromatic carbocycles. The van der Waals surface area contributed by atoms with E-state index in [0.717, 1.165) is 51.4 Å². The van der Waals surface area contributed by atoms with Crippen molar-refractivity contribution in [3.05, 3.63) is 36.5 Å². The first-order valence-electron chi connectivity index (χ1n) is 15.0. The molecule has 0 aliphatic carbocycles. The van der Waals surface area contributed by atoms with Gasteiger partial charge in [0.05, 0.1) is 13.2 Å². The van der Waals surface area contributed by atoms with Gasteiger partial charge in [-0.05, 0) is 44.9 Å². The maximum absolute atomic E-state index is 12.0. The van der Waals surface area contributed by atoms with Crippen molar-refractivity contribution in [2.24, 2.45) is 0 Å². The minimum Gasteiger partial charge on any atom is -0.480 e. The molecule has 0 rings (SSSR count). The Morgan fingerprint density at radius 2 is 1.36 bits per heavy atom. The van der Waals surface area contributed by atoms with E-state index in [2.05, 4.69) is 57.7 Å². The van der Waals surface area contributed by atoms with Gasteiger partial charge in [-0.15, -0.1) is 0 Å². The Morgan fingerprint density at radius 1 is 0.786 bits per heavy atom. The number of carbonyl (C=O) groups excluding carboxylic acids is 2. The molecule has 0 radical (unpaired) electrons. The zero-order valence-electron chi connectivity index (χ0n) is 25.3. The van der Waals surface area contributed by atoms with Gasteiger partial charge >= 0.3 is 19.8 Å². The number of aliphatic hydroxyl groups excluding tert-OH is 1. The van der Waals surface area contributed by atoms with Crippen molar-refractivity contribution in [3.8, 4) is 0 Å². The average molecular weight is 618 g/mol. The van der Waals surface area contributed by atoms with E-state index in [-0.39, 0.29) is 12.8 Å². The number of allylic oxidation sites excluding steroid dienone is 6. The number of aliphatic hydroxyl groups is 1. The molecule has 0 spiro atoms. The number of unbranched alkanes of at least 4 members (excludes halogenated alkanes) is 7. The van der Waals surface area contributed by atoms with Gasteiger partial charge in [0.15, 0.2) is 6.04 Å². The Hall–Kier alpha value is -2.30. The largest absolute Gasteiger partial charge is 0.480 e. The number of hydrogen-bond donors (Lipinski definition) is 4. The van der Waals surface area contributed by atoms with E-state index in [1.54, 1.807) is 6.92 Å². The highest BCUT2D eigenvalue weighted by atomic mass is 31.2. The smallest absolute Gasteiger partial charge is 0.472 e. The fourth-order valence-corrected chi connectivity index (χ4v) is 4.38. The third-order valence-corrected chi connectivity index (χ3v) is 6.86. The lowest BCUT2D eigenvalue weighted by Crippen LogP contribution is -2.43. The van der Waals surface area contributed by atoms with E-state index in [9.17, 15) is 28.9 Å². The number of carboxylic acids is 1. The van der Waals surface area contributed by atoms with Gasteiger partial charge in [-0.3, -0.25) is 18.6 Å². The third kappa shape index (κ3) is 25.4. The third-order valence-electron chi connectivity index (χ3n) is 5.91. The maximum atomic E-state index is 12.0. The van der Waals surface area contributed by atoms with Gasteiger partial charge in [0.1, 0.15) is 12.7 Å². The fraction of sp³-hybridized carbons (Fsp3) is 0.700. The first-order chi connectivity index (χ1) is 20.1. The molecule has 3 unspecified atom stereocenters. The van der Waals surface area contributed by atoms with Crippen molar-refractivity contribution in [2.75, 3.05) is 19.8 Å². The normalized spacial score (nSPS) is 14.8. The lowest BCUT2D eigenvalue weighted by atomic mass is 10.1. The fourth-order valence-electron chi connectivity index (χ4n) is 3.61. The van der Waals surface area contributed by atoms with Crippen LogP contribution in [0.25, 0.3) is 0 Å². The van der Waals surface area contributed by atoms with E-state index in [0.29, 0.717) is 12.8 Å². The number of aliphatic carboxylic acids is 1. The lowest BCUT2D eigenvalue weighted by molar-refractivity contribution is -0.147. The standard InChI is InChI=1S/C30H52NO10P/c1-3-5-6-7-8-9-10-11-12-13-14-15-16-17-18-19-20-22-29(34)39-23-26(32)24-40-42(37,38)41-25-27(30(35)36)31-28(33)21-4-2/h5-6,8-9,11-12,26-27,32H,3-4,7,10,13-25H2,1-2H3,(H,31,33)(H,35,36)(H,37,38)/b6-5-,9-8-,12-11-. The van der Waals surface area contributed by atoms with E-state index in [1.165, 1.54) is 12.8 Å². The van der Waals surface area contributed by atoms with Crippen LogP contribution >= 0.6 is 7.82 Å². The molecule has 42 heavy (non-hydrogen) atoms. The topological polar surface area (TPSA) is 169 Å². The van der Waals surface area contributed by atoms with E-state index in [4.69, 9.17) is 9.84 Å². The molecule has 4 N–H and O–H groups in total. The van der Waals surface area contributed by atoms with Gasteiger partial charge in [-0.1, -0.05) is 82.4 Å². The highest BCUT2D eigenvalue weighted by Gasteiger charge is 2.28. The second-order valence-electron chi connectivity index (χ2n) is 9.91. The van der Waals surface area contributed by atoms with Crippen LogP contribution in [0.3, 0.4) is 0 Å². The molecule has 0 aliphatic rings. The van der Waals surface area contributed by atoms with Gasteiger partial charge < -0.3 is 25.2 Å². The molecule has 0 saturated heterocycles. The average Bonchev–Trinajstić information content (AvgIpc) is 2.94. The van der Waals surface area contributed by atoms with Crippen molar-refractivity contribution in [1.29, 1.82) is 0 Å². The van der Waals surface area contributed by atoms with Crippen molar-refractivity contribution in [2.45, 2.75) is 116 Å². The van der Waals surface area contributed by atoms with Gasteiger partial charge in [0.25, 0.3) is 0 Å². The van der Waals surface area contributed by atoms with Gasteiger partial charge in [-0.2, -0.15) is 0 Å². The summed E-state index contributed by atoms with van der Waals surface area (Å²) in [4.78, 5) is 44.4. The molecule has 0 heterocycles. The molecule has 1 amide bonds. The first kappa shape index (κ1) is 39.7. The number of phosphoric ester groups is 1. The van der Waals surface area contributed by atoms with Crippen LogP contribution in [0.1, 0.15) is 104 Å². The number of ether oxygens (including phenoxy) is 1. The molecule has 0 fully saturated rings. The Labute approximate surface area is 251 Å². The molecule has 242 valence electrons. The summed E-state index contributed by atoms with van der Waals surface area (Å²) in [6.45, 7) is 1.96. The van der Waals surface area contributed by atoms with Crippen LogP contribution in [0.4, 0.5) is 0 Å². The van der Waals surface area contributed by atoms with Crippen molar-refractivity contribution >= 4 is 25.7 Å². The number of rotatable bonds is 27. The zero-order valence-corrected chi connectivity index (χ0v) is 26.2. The Kier molecular flexibility index (Phi) is 24.9. The summed E-state index contributed by atoms with van der Waals surface area (Å²) in [5.74, 6) is -2.46. The summed E-state index contributed by atoms with van der Waals surface area (Å²) in [6.07, 6.45) is 24.0. The summed E-state index contributed by atoms with van der Waals surface area (Å²) in [5.41, 5.74) is 0. The molecular weight excluding hydrogens is 565 g/mol. The molecule has 11 nitrogen and oxygen atoms in total. The van der Waals surface area contributed by atoms with Crippen LogP contribution in [0.5, 0.6) is 0 Å². The highest BCUT2D eigenvalue weighted by molar-refractivity contribution is 7.47. The number of esters is 1. The quantitative estimate of drug-likeness (QED) is 0.0385. The second-order valence-corrected chi connectivity index (χ2v) is 11.4. The van der Waals surface area contributed by atoms with E-state index in [1.807, 2.05) is 0 Å². The SMILES string of the molecule is CC/C=C\C/C=C\C/C=C\CCCCCCCCCC(=O)OCC(O)COP(=O)(O)OCC(NC(=O)CCC)C(=O)O. The predicted molar refractivity (Wildman–Crippen MR) is 162 cm³/mol. The van der Waals surface area contributed by atoms with Crippen LogP contribution in [0.2, 0.25) is 0 Å². The summed E-state index contributed by atoms with van der Waals surface area (Å²) in [5, 5.41) is 21.2. The molecule has 0 bridgehead atoms. The van der Waals surface area contributed by atoms with E-state index < -0.39 is 57.6 Å². The molecular formula is C30H52NO10P. The second kappa shape index (κ2) is 26.3. The van der Waals surface area contributed by atoms with Gasteiger partial charge in [0.2, 0.25) is 5.91 Å². The Bertz CT molecular complexity index is 874. The van der Waals surface area contributed by atoms with Crippen LogP contribution in [0, 0.1) is 0 Å². The molecule has 3 atom stereocenters. The first-order valence-corrected chi connectivity index (χ1v) is 16.5. The number of hydrogen-bond acceptors (Lipinski definition) is 8. The minimum atomic E-state index is -4.72. The minimum absolute atomic E-state index is 0.0943. The van der Waals surface area contributed by atoms with Crippen LogP contribution in [0.15, 0.2) is 36.5 Å². The monoisotopic (exact) mass is 617 g/mol. The summed E-state index contributed by atoms with van der Waals surface area (Å²) in [6, 6.07) is -1.54. The number of phosphoric acid groups is 1. The predicted octanol–water partition coefficient (Wildman–Crippen LogP) is 5.76. The van der Waals surface area contributed by atoms with Crippen LogP contribution < -0.4 is 5.32 Å². The zero-order chi connectivity index (χ0) is 31.5. The van der Waals surface area contributed by atoms with Gasteiger partial charge in [0, 0.05) is 12.8 Å². The molecule has 0 aromatic heterocycles. The summed E-state index contributed by atoms with van der Waals surface area (Å²) >= 11 is 0. The number of carbonyl (C=O) groups is 3. The Balaban J connectivity index is 3.84. The van der Waals surface area contributed by atoms with E-state index >= 15 is 0 Å². The lowest BCUT2D eigenvalue weighted by Gasteiger charge is -2.18. The van der Waals surface area contributed by atoms with Crippen LogP contribution in [-0.4, -0.2) is 64.9 Å². The number of nitrogens with one attached hydrogen (secondary N) is 1. The molecule has 12 heteroatoms. The number of amides is 1. The molecule has 0 aliphatic heterocycles. The summed E-state index contributed by atoms with van der Waals surface area (Å²) < 4.78 is 26.2. The molecule has 0 aromatic rings. The van der Waals surface area contributed by atoms with Crippen molar-refractivity contribution in [3.63, 3.8) is 0 Å². The summed E-state index contributed by atoms with van der Waals surface area (Å²) in [7, 11) is -4.72. The van der Waals surface area contributed by atoms with Crippen molar-refractivity contribution < 1.29 is 47.8 Å². The highest BCUT2D eigenvalue weighted by Crippen LogP contribution is 2.43. The maximum Gasteiger partial charge on any atom is 0.472 e. The molecule has 0 saturated carbocycles. The van der Waals surface area contributed by atoms with Crippen molar-refractivity contribution in [1.82, 2.24) is 5.32 Å². The Morgan fingerprint density at radius 3 is 1.98 bits per heavy atom.